The molecule has 1 aromatic rings. The summed E-state index contributed by atoms with van der Waals surface area (Å²) < 4.78 is 0. The Bertz CT molecular complexity index is 342. The van der Waals surface area contributed by atoms with Crippen molar-refractivity contribution in [1.29, 1.82) is 0 Å². The number of hydrogen-bond acceptors (Lipinski definition) is 2. The molecule has 19 heavy (non-hydrogen) atoms. The van der Waals surface area contributed by atoms with E-state index < -0.39 is 0 Å². The van der Waals surface area contributed by atoms with Gasteiger partial charge < -0.3 is 5.32 Å². The van der Waals surface area contributed by atoms with E-state index in [0.717, 1.165) is 12.6 Å². The minimum atomic E-state index is 0.615. The predicted octanol–water partition coefficient (Wildman–Crippen LogP) is 3.43. The largest absolute Gasteiger partial charge is 0.314 e. The zero-order chi connectivity index (χ0) is 13.5. The SMILES string of the molecule is CC(C)N(CCC1CCCCN1)Cc1ccccc1. The van der Waals surface area contributed by atoms with Gasteiger partial charge in [-0.05, 0) is 45.2 Å². The minimum absolute atomic E-state index is 0.615. The predicted molar refractivity (Wildman–Crippen MR) is 82.2 cm³/mol. The van der Waals surface area contributed by atoms with Crippen molar-refractivity contribution in [1.82, 2.24) is 10.2 Å². The van der Waals surface area contributed by atoms with Crippen LogP contribution in [-0.4, -0.2) is 30.1 Å². The summed E-state index contributed by atoms with van der Waals surface area (Å²) in [5.41, 5.74) is 1.42. The van der Waals surface area contributed by atoms with E-state index in [2.05, 4.69) is 54.4 Å². The number of nitrogens with one attached hydrogen (secondary N) is 1. The van der Waals surface area contributed by atoms with Gasteiger partial charge in [-0.3, -0.25) is 4.90 Å². The van der Waals surface area contributed by atoms with Crippen LogP contribution in [0.2, 0.25) is 0 Å². The molecule has 1 aromatic carbocycles. The van der Waals surface area contributed by atoms with E-state index in [0.29, 0.717) is 6.04 Å². The van der Waals surface area contributed by atoms with Crippen molar-refractivity contribution < 1.29 is 0 Å². The fraction of sp³-hybridized carbons (Fsp3) is 0.647. The highest BCUT2D eigenvalue weighted by molar-refractivity contribution is 5.14. The Morgan fingerprint density at radius 2 is 2.00 bits per heavy atom. The second-order valence-electron chi connectivity index (χ2n) is 5.99. The summed E-state index contributed by atoms with van der Waals surface area (Å²) in [6.07, 6.45) is 5.40. The van der Waals surface area contributed by atoms with Crippen molar-refractivity contribution in [2.75, 3.05) is 13.1 Å². The van der Waals surface area contributed by atoms with Gasteiger partial charge in [-0.2, -0.15) is 0 Å². The van der Waals surface area contributed by atoms with E-state index in [1.165, 1.54) is 44.3 Å². The van der Waals surface area contributed by atoms with Crippen molar-refractivity contribution in [3.8, 4) is 0 Å². The van der Waals surface area contributed by atoms with Crippen LogP contribution in [0.5, 0.6) is 0 Å². The molecule has 0 radical (unpaired) electrons. The first-order valence-electron chi connectivity index (χ1n) is 7.77. The Labute approximate surface area is 118 Å². The highest BCUT2D eigenvalue weighted by atomic mass is 15.1. The van der Waals surface area contributed by atoms with Crippen LogP contribution >= 0.6 is 0 Å². The molecule has 0 amide bonds. The third kappa shape index (κ3) is 4.96. The summed E-state index contributed by atoms with van der Waals surface area (Å²) in [6, 6.07) is 12.2. The molecule has 2 heteroatoms. The third-order valence-corrected chi connectivity index (χ3v) is 4.14. The van der Waals surface area contributed by atoms with Gasteiger partial charge >= 0.3 is 0 Å². The molecule has 0 saturated carbocycles. The smallest absolute Gasteiger partial charge is 0.0236 e. The molecular formula is C17H28N2. The summed E-state index contributed by atoms with van der Waals surface area (Å²) in [6.45, 7) is 8.09. The Kier molecular flexibility index (Phi) is 5.87. The molecule has 1 N–H and O–H groups in total. The second kappa shape index (κ2) is 7.66. The molecule has 1 aliphatic heterocycles. The molecule has 0 aromatic heterocycles. The van der Waals surface area contributed by atoms with Gasteiger partial charge in [0.15, 0.2) is 0 Å². The molecule has 1 heterocycles. The standard InChI is InChI=1S/C17H28N2/c1-15(2)19(14-16-8-4-3-5-9-16)13-11-17-10-6-7-12-18-17/h3-5,8-9,15,17-18H,6-7,10-14H2,1-2H3. The molecule has 1 fully saturated rings. The second-order valence-corrected chi connectivity index (χ2v) is 5.99. The molecule has 106 valence electrons. The van der Waals surface area contributed by atoms with Crippen LogP contribution in [0, 0.1) is 0 Å². The Morgan fingerprint density at radius 1 is 1.21 bits per heavy atom. The lowest BCUT2D eigenvalue weighted by atomic mass is 10.0. The van der Waals surface area contributed by atoms with Gasteiger partial charge in [-0.25, -0.2) is 0 Å². The molecule has 2 nitrogen and oxygen atoms in total. The lowest BCUT2D eigenvalue weighted by Gasteiger charge is -2.30. The van der Waals surface area contributed by atoms with Crippen molar-refractivity contribution in [3.05, 3.63) is 35.9 Å². The van der Waals surface area contributed by atoms with Crippen LogP contribution < -0.4 is 5.32 Å². The number of hydrogen-bond donors (Lipinski definition) is 1. The van der Waals surface area contributed by atoms with Gasteiger partial charge in [0.2, 0.25) is 0 Å². The van der Waals surface area contributed by atoms with Crippen LogP contribution in [0.3, 0.4) is 0 Å². The molecule has 2 rings (SSSR count). The van der Waals surface area contributed by atoms with Crippen molar-refractivity contribution in [3.63, 3.8) is 0 Å². The summed E-state index contributed by atoms with van der Waals surface area (Å²) in [5.74, 6) is 0. The zero-order valence-corrected chi connectivity index (χ0v) is 12.4. The summed E-state index contributed by atoms with van der Waals surface area (Å²) >= 11 is 0. The molecule has 0 bridgehead atoms. The van der Waals surface area contributed by atoms with Gasteiger partial charge in [0.25, 0.3) is 0 Å². The van der Waals surface area contributed by atoms with E-state index in [1.54, 1.807) is 0 Å². The van der Waals surface area contributed by atoms with Crippen LogP contribution in [0.25, 0.3) is 0 Å². The summed E-state index contributed by atoms with van der Waals surface area (Å²) in [5, 5.41) is 3.65. The normalized spacial score (nSPS) is 20.1. The van der Waals surface area contributed by atoms with E-state index in [-0.39, 0.29) is 0 Å². The van der Waals surface area contributed by atoms with Crippen molar-refractivity contribution in [2.24, 2.45) is 0 Å². The average Bonchev–Trinajstić information content (AvgIpc) is 2.45. The van der Waals surface area contributed by atoms with Crippen LogP contribution in [0.15, 0.2) is 30.3 Å². The van der Waals surface area contributed by atoms with E-state index in [4.69, 9.17) is 0 Å². The monoisotopic (exact) mass is 260 g/mol. The Balaban J connectivity index is 1.82. The van der Waals surface area contributed by atoms with Crippen LogP contribution in [0.1, 0.15) is 45.1 Å². The molecule has 0 aliphatic carbocycles. The number of rotatable bonds is 6. The first-order chi connectivity index (χ1) is 9.25. The van der Waals surface area contributed by atoms with Crippen molar-refractivity contribution in [2.45, 2.75) is 58.2 Å². The fourth-order valence-corrected chi connectivity index (χ4v) is 2.83. The highest BCUT2D eigenvalue weighted by Crippen LogP contribution is 2.14. The third-order valence-electron chi connectivity index (χ3n) is 4.14. The van der Waals surface area contributed by atoms with Gasteiger partial charge in [0.05, 0.1) is 0 Å². The van der Waals surface area contributed by atoms with Crippen LogP contribution in [0.4, 0.5) is 0 Å². The molecule has 1 unspecified atom stereocenters. The van der Waals surface area contributed by atoms with Crippen molar-refractivity contribution >= 4 is 0 Å². The minimum Gasteiger partial charge on any atom is -0.314 e. The highest BCUT2D eigenvalue weighted by Gasteiger charge is 2.16. The first kappa shape index (κ1) is 14.5. The van der Waals surface area contributed by atoms with Gasteiger partial charge in [0.1, 0.15) is 0 Å². The Morgan fingerprint density at radius 3 is 2.63 bits per heavy atom. The van der Waals surface area contributed by atoms with E-state index in [1.807, 2.05) is 0 Å². The number of benzene rings is 1. The molecular weight excluding hydrogens is 232 g/mol. The molecule has 1 aliphatic rings. The van der Waals surface area contributed by atoms with Gasteiger partial charge in [0, 0.05) is 25.2 Å². The summed E-state index contributed by atoms with van der Waals surface area (Å²) in [7, 11) is 0. The van der Waals surface area contributed by atoms with E-state index in [9.17, 15) is 0 Å². The van der Waals surface area contributed by atoms with Gasteiger partial charge in [-0.15, -0.1) is 0 Å². The maximum atomic E-state index is 3.65. The lowest BCUT2D eigenvalue weighted by molar-refractivity contribution is 0.195. The maximum Gasteiger partial charge on any atom is 0.0236 e. The first-order valence-corrected chi connectivity index (χ1v) is 7.77. The fourth-order valence-electron chi connectivity index (χ4n) is 2.83. The maximum absolute atomic E-state index is 3.65. The molecule has 0 spiro atoms. The topological polar surface area (TPSA) is 15.3 Å². The average molecular weight is 260 g/mol. The lowest BCUT2D eigenvalue weighted by Crippen LogP contribution is -2.39. The van der Waals surface area contributed by atoms with E-state index >= 15 is 0 Å². The zero-order valence-electron chi connectivity index (χ0n) is 12.4. The molecule has 1 atom stereocenters. The Hall–Kier alpha value is -0.860. The summed E-state index contributed by atoms with van der Waals surface area (Å²) in [4.78, 5) is 2.59. The van der Waals surface area contributed by atoms with Gasteiger partial charge in [-0.1, -0.05) is 36.8 Å². The van der Waals surface area contributed by atoms with Crippen LogP contribution in [-0.2, 0) is 6.54 Å². The quantitative estimate of drug-likeness (QED) is 0.843. The number of nitrogens with zero attached hydrogens (tertiary/aromatic N) is 1. The molecule has 1 saturated heterocycles. The number of piperidine rings is 1.